The molecule has 4 heteroatoms. The molecule has 0 unspecified atom stereocenters. The molecule has 0 aliphatic carbocycles. The first-order valence-electron chi connectivity index (χ1n) is 5.45. The number of carboxylic acid groups (broad SMARTS) is 1. The van der Waals surface area contributed by atoms with Gasteiger partial charge in [0, 0.05) is 0 Å². The molecule has 1 rings (SSSR count). The van der Waals surface area contributed by atoms with Gasteiger partial charge in [-0.2, -0.15) is 0 Å². The minimum atomic E-state index is -1.01. The summed E-state index contributed by atoms with van der Waals surface area (Å²) in [5.41, 5.74) is 0.932. The van der Waals surface area contributed by atoms with E-state index >= 15 is 0 Å². The molecular formula is C14H16O4. The fraction of sp³-hybridized carbons (Fsp3) is 0.214. The molecule has 0 atom stereocenters. The molecule has 4 nitrogen and oxygen atoms in total. The van der Waals surface area contributed by atoms with Gasteiger partial charge in [0.25, 0.3) is 0 Å². The van der Waals surface area contributed by atoms with Crippen molar-refractivity contribution in [3.63, 3.8) is 0 Å². The zero-order chi connectivity index (χ0) is 13.4. The number of aromatic carboxylic acids is 1. The van der Waals surface area contributed by atoms with E-state index in [9.17, 15) is 4.79 Å². The molecule has 0 spiro atoms. The predicted octanol–water partition coefficient (Wildman–Crippen LogP) is 2.61. The topological polar surface area (TPSA) is 55.8 Å². The Kier molecular flexibility index (Phi) is 5.67. The van der Waals surface area contributed by atoms with Crippen molar-refractivity contribution < 1.29 is 19.4 Å². The molecule has 0 amide bonds. The number of benzene rings is 1. The van der Waals surface area contributed by atoms with Crippen molar-refractivity contribution in [3.05, 3.63) is 48.1 Å². The summed E-state index contributed by atoms with van der Waals surface area (Å²) >= 11 is 0. The van der Waals surface area contributed by atoms with Crippen LogP contribution in [0.1, 0.15) is 15.9 Å². The Morgan fingerprint density at radius 3 is 2.83 bits per heavy atom. The zero-order valence-corrected chi connectivity index (χ0v) is 10.3. The maximum absolute atomic E-state index is 11.0. The van der Waals surface area contributed by atoms with Gasteiger partial charge in [0.05, 0.1) is 20.3 Å². The van der Waals surface area contributed by atoms with Crippen LogP contribution in [-0.2, 0) is 4.74 Å². The summed E-state index contributed by atoms with van der Waals surface area (Å²) in [6.45, 7) is 4.49. The van der Waals surface area contributed by atoms with Gasteiger partial charge in [0.1, 0.15) is 11.3 Å². The Morgan fingerprint density at radius 2 is 2.22 bits per heavy atom. The number of hydrogen-bond donors (Lipinski definition) is 1. The van der Waals surface area contributed by atoms with Crippen LogP contribution in [0.4, 0.5) is 0 Å². The van der Waals surface area contributed by atoms with Gasteiger partial charge in [-0.15, -0.1) is 6.58 Å². The second-order valence-electron chi connectivity index (χ2n) is 3.49. The van der Waals surface area contributed by atoms with Gasteiger partial charge in [-0.05, 0) is 17.7 Å². The number of ether oxygens (including phenoxy) is 2. The molecule has 0 fully saturated rings. The Hall–Kier alpha value is -2.07. The van der Waals surface area contributed by atoms with Gasteiger partial charge in [-0.3, -0.25) is 0 Å². The van der Waals surface area contributed by atoms with Crippen LogP contribution in [0.25, 0.3) is 6.08 Å². The Labute approximate surface area is 106 Å². The number of hydrogen-bond acceptors (Lipinski definition) is 3. The largest absolute Gasteiger partial charge is 0.496 e. The molecule has 18 heavy (non-hydrogen) atoms. The zero-order valence-electron chi connectivity index (χ0n) is 10.3. The average Bonchev–Trinajstić information content (AvgIpc) is 2.38. The normalized spacial score (nSPS) is 10.5. The van der Waals surface area contributed by atoms with Crippen LogP contribution < -0.4 is 4.74 Å². The minimum absolute atomic E-state index is 0.145. The molecule has 96 valence electrons. The third-order valence-electron chi connectivity index (χ3n) is 2.21. The summed E-state index contributed by atoms with van der Waals surface area (Å²) < 4.78 is 10.2. The van der Waals surface area contributed by atoms with Crippen molar-refractivity contribution in [2.24, 2.45) is 0 Å². The van der Waals surface area contributed by atoms with E-state index in [4.69, 9.17) is 14.6 Å². The van der Waals surface area contributed by atoms with E-state index < -0.39 is 5.97 Å². The van der Waals surface area contributed by atoms with Crippen LogP contribution in [0.2, 0.25) is 0 Å². The summed E-state index contributed by atoms with van der Waals surface area (Å²) in [5, 5.41) is 9.02. The highest BCUT2D eigenvalue weighted by molar-refractivity contribution is 5.91. The maximum Gasteiger partial charge on any atom is 0.339 e. The van der Waals surface area contributed by atoms with Gasteiger partial charge >= 0.3 is 5.97 Å². The average molecular weight is 248 g/mol. The standard InChI is InChI=1S/C14H16O4/c1-3-8-18-9-4-5-11-6-7-13(17-2)12(10-11)14(15)16/h3-7,10H,1,8-9H2,2H3,(H,15,16)/b5-4+. The van der Waals surface area contributed by atoms with E-state index in [1.165, 1.54) is 7.11 Å². The molecule has 0 bridgehead atoms. The molecule has 0 saturated carbocycles. The lowest BCUT2D eigenvalue weighted by atomic mass is 10.1. The fourth-order valence-electron chi connectivity index (χ4n) is 1.40. The van der Waals surface area contributed by atoms with E-state index in [1.807, 2.05) is 6.08 Å². The quantitative estimate of drug-likeness (QED) is 0.595. The number of methoxy groups -OCH3 is 1. The van der Waals surface area contributed by atoms with E-state index in [0.29, 0.717) is 19.0 Å². The van der Waals surface area contributed by atoms with E-state index in [0.717, 1.165) is 5.56 Å². The summed E-state index contributed by atoms with van der Waals surface area (Å²) in [5.74, 6) is -0.660. The van der Waals surface area contributed by atoms with Gasteiger partial charge in [0.2, 0.25) is 0 Å². The van der Waals surface area contributed by atoms with Gasteiger partial charge in [0.15, 0.2) is 0 Å². The van der Waals surface area contributed by atoms with Crippen molar-refractivity contribution in [1.29, 1.82) is 0 Å². The van der Waals surface area contributed by atoms with Crippen molar-refractivity contribution in [1.82, 2.24) is 0 Å². The van der Waals surface area contributed by atoms with Crippen molar-refractivity contribution in [2.45, 2.75) is 0 Å². The van der Waals surface area contributed by atoms with Gasteiger partial charge in [-0.1, -0.05) is 24.3 Å². The van der Waals surface area contributed by atoms with E-state index in [2.05, 4.69) is 6.58 Å². The molecule has 0 saturated heterocycles. The highest BCUT2D eigenvalue weighted by atomic mass is 16.5. The lowest BCUT2D eigenvalue weighted by molar-refractivity contribution is 0.0693. The van der Waals surface area contributed by atoms with Crippen LogP contribution in [-0.4, -0.2) is 31.4 Å². The van der Waals surface area contributed by atoms with Crippen LogP contribution >= 0.6 is 0 Å². The number of carbonyl (C=O) groups is 1. The highest BCUT2D eigenvalue weighted by Gasteiger charge is 2.10. The highest BCUT2D eigenvalue weighted by Crippen LogP contribution is 2.20. The second-order valence-corrected chi connectivity index (χ2v) is 3.49. The van der Waals surface area contributed by atoms with Crippen molar-refractivity contribution in [3.8, 4) is 5.75 Å². The smallest absolute Gasteiger partial charge is 0.339 e. The van der Waals surface area contributed by atoms with Crippen LogP contribution in [0.5, 0.6) is 5.75 Å². The lowest BCUT2D eigenvalue weighted by Gasteiger charge is -2.05. The van der Waals surface area contributed by atoms with Crippen molar-refractivity contribution in [2.75, 3.05) is 20.3 Å². The maximum atomic E-state index is 11.0. The minimum Gasteiger partial charge on any atom is -0.496 e. The second kappa shape index (κ2) is 7.29. The number of rotatable bonds is 7. The summed E-state index contributed by atoms with van der Waals surface area (Å²) in [6.07, 6.45) is 5.29. The summed E-state index contributed by atoms with van der Waals surface area (Å²) in [4.78, 5) is 11.0. The molecule has 0 heterocycles. The monoisotopic (exact) mass is 248 g/mol. The van der Waals surface area contributed by atoms with Gasteiger partial charge < -0.3 is 14.6 Å². The Bertz CT molecular complexity index is 449. The van der Waals surface area contributed by atoms with Gasteiger partial charge in [-0.25, -0.2) is 4.79 Å². The molecule has 1 aromatic carbocycles. The molecule has 1 aromatic rings. The molecule has 1 N–H and O–H groups in total. The summed E-state index contributed by atoms with van der Waals surface area (Å²) in [6, 6.07) is 4.98. The molecule has 0 aromatic heterocycles. The fourth-order valence-corrected chi connectivity index (χ4v) is 1.40. The Balaban J connectivity index is 2.75. The van der Waals surface area contributed by atoms with Crippen LogP contribution in [0, 0.1) is 0 Å². The first-order chi connectivity index (χ1) is 8.69. The van der Waals surface area contributed by atoms with E-state index in [1.54, 1.807) is 30.4 Å². The first kappa shape index (κ1) is 14.0. The number of carboxylic acids is 1. The van der Waals surface area contributed by atoms with Crippen LogP contribution in [0.15, 0.2) is 36.9 Å². The van der Waals surface area contributed by atoms with Crippen molar-refractivity contribution >= 4 is 12.0 Å². The molecular weight excluding hydrogens is 232 g/mol. The van der Waals surface area contributed by atoms with Crippen LogP contribution in [0.3, 0.4) is 0 Å². The Morgan fingerprint density at radius 1 is 1.44 bits per heavy atom. The SMILES string of the molecule is C=CCOC/C=C/c1ccc(OC)c(C(=O)O)c1. The summed E-state index contributed by atoms with van der Waals surface area (Å²) in [7, 11) is 1.44. The third kappa shape index (κ3) is 4.07. The molecule has 0 radical (unpaired) electrons. The molecule has 0 aliphatic rings. The lowest BCUT2D eigenvalue weighted by Crippen LogP contribution is -2.00. The molecule has 0 aliphatic heterocycles. The predicted molar refractivity (Wildman–Crippen MR) is 70.0 cm³/mol. The van der Waals surface area contributed by atoms with E-state index in [-0.39, 0.29) is 5.56 Å². The third-order valence-corrected chi connectivity index (χ3v) is 2.21. The first-order valence-corrected chi connectivity index (χ1v) is 5.45.